The average molecular weight is 403 g/mol. The molecule has 1 aromatic rings. The molecule has 2 unspecified atom stereocenters. The second kappa shape index (κ2) is 7.08. The van der Waals surface area contributed by atoms with Crippen LogP contribution < -0.4 is 5.32 Å². The van der Waals surface area contributed by atoms with Crippen molar-refractivity contribution in [3.05, 3.63) is 32.7 Å². The molecule has 0 spiro atoms. The van der Waals surface area contributed by atoms with Crippen LogP contribution in [-0.2, 0) is 0 Å². The monoisotopic (exact) mass is 401 g/mol. The molecule has 1 saturated carbocycles. The predicted molar refractivity (Wildman–Crippen MR) is 89.9 cm³/mol. The summed E-state index contributed by atoms with van der Waals surface area (Å²) in [6.07, 6.45) is 4.84. The Morgan fingerprint density at radius 1 is 1.15 bits per heavy atom. The first-order valence-electron chi connectivity index (χ1n) is 7.24. The third kappa shape index (κ3) is 4.08. The fourth-order valence-electron chi connectivity index (χ4n) is 3.07. The molecule has 2 rings (SSSR count). The Hall–Kier alpha value is -0.350. The van der Waals surface area contributed by atoms with Gasteiger partial charge in [-0.15, -0.1) is 0 Å². The Morgan fingerprint density at radius 2 is 1.75 bits per heavy atom. The lowest BCUT2D eigenvalue weighted by molar-refractivity contribution is 0.0889. The normalized spacial score (nSPS) is 22.9. The summed E-state index contributed by atoms with van der Waals surface area (Å²) in [6, 6.07) is 5.99. The number of hydrogen-bond donors (Lipinski definition) is 1. The molecule has 20 heavy (non-hydrogen) atoms. The molecule has 1 fully saturated rings. The van der Waals surface area contributed by atoms with Crippen LogP contribution in [-0.4, -0.2) is 11.9 Å². The summed E-state index contributed by atoms with van der Waals surface area (Å²) in [5.74, 6) is 1.25. The molecule has 1 amide bonds. The molecule has 1 N–H and O–H groups in total. The highest BCUT2D eigenvalue weighted by molar-refractivity contribution is 9.11. The summed E-state index contributed by atoms with van der Waals surface area (Å²) >= 11 is 6.86. The van der Waals surface area contributed by atoms with E-state index in [1.807, 2.05) is 18.2 Å². The predicted octanol–water partition coefficient (Wildman–Crippen LogP) is 5.16. The second-order valence-electron chi connectivity index (χ2n) is 5.93. The molecule has 0 radical (unpaired) electrons. The van der Waals surface area contributed by atoms with E-state index < -0.39 is 0 Å². The lowest BCUT2D eigenvalue weighted by Crippen LogP contribution is -2.43. The molecular weight excluding hydrogens is 382 g/mol. The minimum absolute atomic E-state index is 0.0320. The quantitative estimate of drug-likeness (QED) is 0.743. The van der Waals surface area contributed by atoms with Gasteiger partial charge in [0, 0.05) is 20.6 Å². The molecule has 0 aromatic heterocycles. The Kier molecular flexibility index (Phi) is 5.67. The van der Waals surface area contributed by atoms with Crippen molar-refractivity contribution in [2.75, 3.05) is 0 Å². The van der Waals surface area contributed by atoms with Gasteiger partial charge in [0.05, 0.1) is 0 Å². The van der Waals surface area contributed by atoms with Gasteiger partial charge in [0.25, 0.3) is 5.91 Å². The van der Waals surface area contributed by atoms with Crippen LogP contribution in [0.2, 0.25) is 0 Å². The SMILES string of the molecule is CC(C)C1CCCCC1NC(=O)c1cc(Br)cc(Br)c1. The molecule has 1 aliphatic carbocycles. The van der Waals surface area contributed by atoms with E-state index in [0.29, 0.717) is 23.4 Å². The van der Waals surface area contributed by atoms with Crippen LogP contribution in [0, 0.1) is 11.8 Å². The molecule has 1 aromatic carbocycles. The average Bonchev–Trinajstić information content (AvgIpc) is 2.37. The third-order valence-corrected chi connectivity index (χ3v) is 5.03. The van der Waals surface area contributed by atoms with Gasteiger partial charge >= 0.3 is 0 Å². The first-order valence-corrected chi connectivity index (χ1v) is 8.83. The Morgan fingerprint density at radius 3 is 2.35 bits per heavy atom. The highest BCUT2D eigenvalue weighted by atomic mass is 79.9. The second-order valence-corrected chi connectivity index (χ2v) is 7.76. The van der Waals surface area contributed by atoms with Crippen LogP contribution in [0.25, 0.3) is 0 Å². The maximum atomic E-state index is 12.4. The molecule has 110 valence electrons. The maximum absolute atomic E-state index is 12.4. The van der Waals surface area contributed by atoms with Gasteiger partial charge in [-0.05, 0) is 42.9 Å². The van der Waals surface area contributed by atoms with Gasteiger partial charge in [-0.3, -0.25) is 4.79 Å². The zero-order chi connectivity index (χ0) is 14.7. The van der Waals surface area contributed by atoms with Crippen LogP contribution in [0.1, 0.15) is 49.9 Å². The van der Waals surface area contributed by atoms with E-state index in [1.165, 1.54) is 19.3 Å². The molecular formula is C16H21Br2NO. The standard InChI is InChI=1S/C16H21Br2NO/c1-10(2)14-5-3-4-6-15(14)19-16(20)11-7-12(17)9-13(18)8-11/h7-10,14-15H,3-6H2,1-2H3,(H,19,20). The lowest BCUT2D eigenvalue weighted by atomic mass is 9.78. The summed E-state index contributed by atoms with van der Waals surface area (Å²) in [7, 11) is 0. The topological polar surface area (TPSA) is 29.1 Å². The summed E-state index contributed by atoms with van der Waals surface area (Å²) in [6.45, 7) is 4.51. The lowest BCUT2D eigenvalue weighted by Gasteiger charge is -2.34. The van der Waals surface area contributed by atoms with Crippen LogP contribution in [0.5, 0.6) is 0 Å². The van der Waals surface area contributed by atoms with Crippen LogP contribution in [0.4, 0.5) is 0 Å². The third-order valence-electron chi connectivity index (χ3n) is 4.12. The number of benzene rings is 1. The zero-order valence-corrected chi connectivity index (χ0v) is 15.1. The van der Waals surface area contributed by atoms with Crippen molar-refractivity contribution in [1.82, 2.24) is 5.32 Å². The Bertz CT molecular complexity index is 467. The van der Waals surface area contributed by atoms with Crippen molar-refractivity contribution in [2.45, 2.75) is 45.6 Å². The summed E-state index contributed by atoms with van der Waals surface area (Å²) in [5, 5.41) is 3.24. The van der Waals surface area contributed by atoms with Gasteiger partial charge in [0.2, 0.25) is 0 Å². The van der Waals surface area contributed by atoms with E-state index in [4.69, 9.17) is 0 Å². The van der Waals surface area contributed by atoms with Crippen molar-refractivity contribution >= 4 is 37.8 Å². The molecule has 2 atom stereocenters. The number of nitrogens with one attached hydrogen (secondary N) is 1. The van der Waals surface area contributed by atoms with Gasteiger partial charge < -0.3 is 5.32 Å². The fraction of sp³-hybridized carbons (Fsp3) is 0.562. The van der Waals surface area contributed by atoms with Crippen LogP contribution in [0.3, 0.4) is 0 Å². The van der Waals surface area contributed by atoms with E-state index in [2.05, 4.69) is 51.0 Å². The van der Waals surface area contributed by atoms with E-state index in [9.17, 15) is 4.79 Å². The van der Waals surface area contributed by atoms with Crippen LogP contribution >= 0.6 is 31.9 Å². The van der Waals surface area contributed by atoms with Crippen molar-refractivity contribution in [3.63, 3.8) is 0 Å². The summed E-state index contributed by atoms with van der Waals surface area (Å²) in [5.41, 5.74) is 0.708. The molecule has 0 aliphatic heterocycles. The van der Waals surface area contributed by atoms with Gasteiger partial charge in [0.1, 0.15) is 0 Å². The van der Waals surface area contributed by atoms with Crippen LogP contribution in [0.15, 0.2) is 27.1 Å². The van der Waals surface area contributed by atoms with Crippen molar-refractivity contribution in [1.29, 1.82) is 0 Å². The molecule has 4 heteroatoms. The van der Waals surface area contributed by atoms with Crippen molar-refractivity contribution in [3.8, 4) is 0 Å². The smallest absolute Gasteiger partial charge is 0.251 e. The molecule has 1 aliphatic rings. The Labute approximate surface area is 138 Å². The van der Waals surface area contributed by atoms with Gasteiger partial charge in [0.15, 0.2) is 0 Å². The van der Waals surface area contributed by atoms with Gasteiger partial charge in [-0.1, -0.05) is 58.5 Å². The van der Waals surface area contributed by atoms with Gasteiger partial charge in [-0.25, -0.2) is 0 Å². The minimum Gasteiger partial charge on any atom is -0.349 e. The zero-order valence-electron chi connectivity index (χ0n) is 12.0. The molecule has 0 heterocycles. The number of carbonyl (C=O) groups is 1. The highest BCUT2D eigenvalue weighted by Gasteiger charge is 2.28. The fourth-order valence-corrected chi connectivity index (χ4v) is 4.37. The molecule has 2 nitrogen and oxygen atoms in total. The summed E-state index contributed by atoms with van der Waals surface area (Å²) < 4.78 is 1.84. The number of halogens is 2. The van der Waals surface area contributed by atoms with Crippen molar-refractivity contribution in [2.24, 2.45) is 11.8 Å². The largest absolute Gasteiger partial charge is 0.349 e. The number of amides is 1. The minimum atomic E-state index is 0.0320. The molecule has 0 bridgehead atoms. The van der Waals surface area contributed by atoms with E-state index >= 15 is 0 Å². The summed E-state index contributed by atoms with van der Waals surface area (Å²) in [4.78, 5) is 12.4. The molecule has 0 saturated heterocycles. The number of rotatable bonds is 3. The maximum Gasteiger partial charge on any atom is 0.251 e. The highest BCUT2D eigenvalue weighted by Crippen LogP contribution is 2.30. The van der Waals surface area contributed by atoms with E-state index in [-0.39, 0.29) is 5.91 Å². The first-order chi connectivity index (χ1) is 9.47. The number of carbonyl (C=O) groups excluding carboxylic acids is 1. The van der Waals surface area contributed by atoms with Crippen molar-refractivity contribution < 1.29 is 4.79 Å². The van der Waals surface area contributed by atoms with E-state index in [1.54, 1.807) is 0 Å². The Balaban J connectivity index is 2.09. The van der Waals surface area contributed by atoms with E-state index in [0.717, 1.165) is 15.4 Å². The van der Waals surface area contributed by atoms with Gasteiger partial charge in [-0.2, -0.15) is 0 Å². The first kappa shape index (κ1) is 16.0. The number of hydrogen-bond acceptors (Lipinski definition) is 1.